The molecule has 6 heteroatoms. The van der Waals surface area contributed by atoms with Crippen molar-refractivity contribution in [3.8, 4) is 0 Å². The van der Waals surface area contributed by atoms with Crippen molar-refractivity contribution in [2.45, 2.75) is 43.1 Å². The van der Waals surface area contributed by atoms with E-state index in [-0.39, 0.29) is 30.3 Å². The van der Waals surface area contributed by atoms with Crippen LogP contribution in [-0.4, -0.2) is 30.3 Å². The third kappa shape index (κ3) is 5.69. The number of nitrogens with two attached hydrogens (primary N) is 1. The lowest BCUT2D eigenvalue weighted by Gasteiger charge is -2.21. The monoisotopic (exact) mass is 322 g/mol. The average molecular weight is 322 g/mol. The summed E-state index contributed by atoms with van der Waals surface area (Å²) in [7, 11) is 0. The summed E-state index contributed by atoms with van der Waals surface area (Å²) in [5, 5.41) is 2.84. The van der Waals surface area contributed by atoms with Crippen molar-refractivity contribution in [2.24, 2.45) is 5.73 Å². The Morgan fingerprint density at radius 1 is 1.23 bits per heavy atom. The Bertz CT molecular complexity index is 516. The topological polar surface area (TPSA) is 81.4 Å². The SMILES string of the molecule is NC(=O)CSc1ccccc1NC(=O)COC1CCCCC1. The molecular weight excluding hydrogens is 300 g/mol. The molecule has 1 fully saturated rings. The van der Waals surface area contributed by atoms with Crippen LogP contribution in [0.4, 0.5) is 5.69 Å². The first-order valence-electron chi connectivity index (χ1n) is 7.57. The maximum absolute atomic E-state index is 12.0. The third-order valence-electron chi connectivity index (χ3n) is 3.53. The predicted octanol–water partition coefficient (Wildman–Crippen LogP) is 2.55. The number of amides is 2. The van der Waals surface area contributed by atoms with Gasteiger partial charge in [-0.15, -0.1) is 11.8 Å². The van der Waals surface area contributed by atoms with Crippen LogP contribution in [0.5, 0.6) is 0 Å². The number of rotatable bonds is 7. The fraction of sp³-hybridized carbons (Fsp3) is 0.500. The number of nitrogens with one attached hydrogen (secondary N) is 1. The summed E-state index contributed by atoms with van der Waals surface area (Å²) in [6.45, 7) is 0.0689. The van der Waals surface area contributed by atoms with Crippen molar-refractivity contribution in [2.75, 3.05) is 17.7 Å². The summed E-state index contributed by atoms with van der Waals surface area (Å²) in [6.07, 6.45) is 5.91. The van der Waals surface area contributed by atoms with E-state index in [2.05, 4.69) is 5.32 Å². The standard InChI is InChI=1S/C16H22N2O3S/c17-15(19)11-22-14-9-5-4-8-13(14)18-16(20)10-21-12-6-2-1-3-7-12/h4-5,8-9,12H,1-3,6-7,10-11H2,(H2,17,19)(H,18,20). The zero-order valence-electron chi connectivity index (χ0n) is 12.5. The lowest BCUT2D eigenvalue weighted by atomic mass is 9.98. The highest BCUT2D eigenvalue weighted by atomic mass is 32.2. The van der Waals surface area contributed by atoms with Gasteiger partial charge in [0.15, 0.2) is 0 Å². The summed E-state index contributed by atoms with van der Waals surface area (Å²) in [5.41, 5.74) is 5.84. The Kier molecular flexibility index (Phi) is 6.74. The molecule has 1 aliphatic carbocycles. The van der Waals surface area contributed by atoms with Crippen LogP contribution in [-0.2, 0) is 14.3 Å². The highest BCUT2D eigenvalue weighted by molar-refractivity contribution is 8.00. The first-order valence-corrected chi connectivity index (χ1v) is 8.55. The molecular formula is C16H22N2O3S. The lowest BCUT2D eigenvalue weighted by molar-refractivity contribution is -0.123. The van der Waals surface area contributed by atoms with Crippen molar-refractivity contribution in [1.29, 1.82) is 0 Å². The van der Waals surface area contributed by atoms with E-state index in [4.69, 9.17) is 10.5 Å². The zero-order chi connectivity index (χ0) is 15.8. The van der Waals surface area contributed by atoms with Crippen molar-refractivity contribution in [3.05, 3.63) is 24.3 Å². The van der Waals surface area contributed by atoms with Crippen LogP contribution in [0.3, 0.4) is 0 Å². The second-order valence-electron chi connectivity index (χ2n) is 5.37. The molecule has 0 atom stereocenters. The second kappa shape index (κ2) is 8.80. The summed E-state index contributed by atoms with van der Waals surface area (Å²) in [5.74, 6) is -0.365. The zero-order valence-corrected chi connectivity index (χ0v) is 13.4. The fourth-order valence-corrected chi connectivity index (χ4v) is 3.20. The smallest absolute Gasteiger partial charge is 0.250 e. The molecule has 1 saturated carbocycles. The van der Waals surface area contributed by atoms with Gasteiger partial charge in [-0.05, 0) is 25.0 Å². The normalized spacial score (nSPS) is 15.5. The van der Waals surface area contributed by atoms with Gasteiger partial charge in [0, 0.05) is 4.90 Å². The number of carbonyl (C=O) groups excluding carboxylic acids is 2. The largest absolute Gasteiger partial charge is 0.369 e. The van der Waals surface area contributed by atoms with Gasteiger partial charge in [0.25, 0.3) is 0 Å². The predicted molar refractivity (Wildman–Crippen MR) is 87.8 cm³/mol. The molecule has 0 spiro atoms. The number of hydrogen-bond donors (Lipinski definition) is 2. The Balaban J connectivity index is 1.83. The van der Waals surface area contributed by atoms with E-state index in [0.29, 0.717) is 5.69 Å². The van der Waals surface area contributed by atoms with E-state index in [1.165, 1.54) is 31.0 Å². The lowest BCUT2D eigenvalue weighted by Crippen LogP contribution is -2.25. The van der Waals surface area contributed by atoms with Crippen LogP contribution in [0, 0.1) is 0 Å². The minimum Gasteiger partial charge on any atom is -0.369 e. The van der Waals surface area contributed by atoms with E-state index in [9.17, 15) is 9.59 Å². The van der Waals surface area contributed by atoms with Crippen LogP contribution < -0.4 is 11.1 Å². The van der Waals surface area contributed by atoms with Crippen molar-refractivity contribution >= 4 is 29.3 Å². The van der Waals surface area contributed by atoms with Gasteiger partial charge in [0.1, 0.15) is 6.61 Å². The van der Waals surface area contributed by atoms with Gasteiger partial charge in [-0.25, -0.2) is 0 Å². The molecule has 0 saturated heterocycles. The van der Waals surface area contributed by atoms with Gasteiger partial charge in [0.05, 0.1) is 17.5 Å². The van der Waals surface area contributed by atoms with Crippen molar-refractivity contribution in [1.82, 2.24) is 0 Å². The molecule has 3 N–H and O–H groups in total. The quantitative estimate of drug-likeness (QED) is 0.756. The number of ether oxygens (including phenoxy) is 1. The van der Waals surface area contributed by atoms with Gasteiger partial charge in [-0.1, -0.05) is 31.4 Å². The van der Waals surface area contributed by atoms with E-state index < -0.39 is 0 Å². The average Bonchev–Trinajstić information content (AvgIpc) is 2.53. The summed E-state index contributed by atoms with van der Waals surface area (Å²) in [4.78, 5) is 23.7. The Labute approximate surface area is 135 Å². The van der Waals surface area contributed by atoms with Gasteiger partial charge < -0.3 is 15.8 Å². The van der Waals surface area contributed by atoms with Crippen molar-refractivity contribution < 1.29 is 14.3 Å². The molecule has 5 nitrogen and oxygen atoms in total. The van der Waals surface area contributed by atoms with E-state index in [1.54, 1.807) is 0 Å². The molecule has 0 heterocycles. The molecule has 0 bridgehead atoms. The first-order chi connectivity index (χ1) is 10.6. The molecule has 120 valence electrons. The molecule has 1 aromatic carbocycles. The second-order valence-corrected chi connectivity index (χ2v) is 6.39. The van der Waals surface area contributed by atoms with Crippen LogP contribution in [0.25, 0.3) is 0 Å². The minimum absolute atomic E-state index is 0.0689. The molecule has 22 heavy (non-hydrogen) atoms. The van der Waals surface area contributed by atoms with Crippen LogP contribution in [0.15, 0.2) is 29.2 Å². The number of hydrogen-bond acceptors (Lipinski definition) is 4. The van der Waals surface area contributed by atoms with Crippen molar-refractivity contribution in [3.63, 3.8) is 0 Å². The minimum atomic E-state index is -0.383. The Morgan fingerprint density at radius 2 is 1.95 bits per heavy atom. The van der Waals surface area contributed by atoms with Gasteiger partial charge >= 0.3 is 0 Å². The molecule has 0 aromatic heterocycles. The maximum Gasteiger partial charge on any atom is 0.250 e. The fourth-order valence-electron chi connectivity index (χ4n) is 2.46. The number of carbonyl (C=O) groups is 2. The number of thioether (sulfide) groups is 1. The van der Waals surface area contributed by atoms with Gasteiger partial charge in [-0.2, -0.15) is 0 Å². The van der Waals surface area contributed by atoms with Crippen LogP contribution >= 0.6 is 11.8 Å². The van der Waals surface area contributed by atoms with Crippen LogP contribution in [0.1, 0.15) is 32.1 Å². The van der Waals surface area contributed by atoms with Gasteiger partial charge in [0.2, 0.25) is 11.8 Å². The maximum atomic E-state index is 12.0. The van der Waals surface area contributed by atoms with Gasteiger partial charge in [-0.3, -0.25) is 9.59 Å². The molecule has 0 aliphatic heterocycles. The Hall–Kier alpha value is -1.53. The molecule has 1 aliphatic rings. The highest BCUT2D eigenvalue weighted by Crippen LogP contribution is 2.26. The highest BCUT2D eigenvalue weighted by Gasteiger charge is 2.15. The summed E-state index contributed by atoms with van der Waals surface area (Å²) < 4.78 is 5.66. The molecule has 2 rings (SSSR count). The number of anilines is 1. The van der Waals surface area contributed by atoms with E-state index in [1.807, 2.05) is 24.3 Å². The van der Waals surface area contributed by atoms with E-state index in [0.717, 1.165) is 17.7 Å². The number of para-hydroxylation sites is 1. The third-order valence-corrected chi connectivity index (χ3v) is 4.63. The summed E-state index contributed by atoms with van der Waals surface area (Å²) >= 11 is 1.31. The molecule has 1 aromatic rings. The number of benzene rings is 1. The number of primary amides is 1. The first kappa shape index (κ1) is 16.8. The van der Waals surface area contributed by atoms with E-state index >= 15 is 0 Å². The Morgan fingerprint density at radius 3 is 2.68 bits per heavy atom. The molecule has 0 radical (unpaired) electrons. The molecule has 0 unspecified atom stereocenters. The summed E-state index contributed by atoms with van der Waals surface area (Å²) in [6, 6.07) is 7.36. The van der Waals surface area contributed by atoms with Crippen LogP contribution in [0.2, 0.25) is 0 Å². The molecule has 2 amide bonds.